The molecule has 1 fully saturated rings. The van der Waals surface area contributed by atoms with Crippen LogP contribution >= 0.6 is 44.7 Å². The molecular weight excluding hydrogens is 1530 g/mol. The van der Waals surface area contributed by atoms with Crippen LogP contribution in [0.2, 0.25) is 0 Å². The number of halogens is 4. The zero-order valence-corrected chi connectivity index (χ0v) is 65.6. The van der Waals surface area contributed by atoms with Gasteiger partial charge in [-0.15, -0.1) is 0 Å². The van der Waals surface area contributed by atoms with Gasteiger partial charge in [0.2, 0.25) is 0 Å². The van der Waals surface area contributed by atoms with Crippen LogP contribution in [0.25, 0.3) is 138 Å². The fourth-order valence-corrected chi connectivity index (χ4v) is 14.5. The third-order valence-corrected chi connectivity index (χ3v) is 19.7. The van der Waals surface area contributed by atoms with Gasteiger partial charge in [0.25, 0.3) is 0 Å². The van der Waals surface area contributed by atoms with Gasteiger partial charge in [0.05, 0.1) is 47.4 Å². The van der Waals surface area contributed by atoms with Crippen molar-refractivity contribution in [1.82, 2.24) is 13.7 Å². The Bertz CT molecular complexity index is 5940. The smallest absolute Gasteiger partial charge is 0.0541 e. The number of hydrogen-bond donors (Lipinski definition) is 2. The molecule has 112 heavy (non-hydrogen) atoms. The summed E-state index contributed by atoms with van der Waals surface area (Å²) < 4.78 is 37.0. The first-order valence-corrected chi connectivity index (χ1v) is 38.4. The van der Waals surface area contributed by atoms with E-state index in [0.29, 0.717) is 13.4 Å². The SMILES string of the molecule is Brc1ccc2c(c1)c1cc(-c3ccccc3)ccc1n2-c1ccc(-c2ccccc2)cc1.Brc1ccc2c(c1)c1ccccc1n2-c1ccc(-c2ccccc2)cc1.C.C1CCOC1.CC.F.O[B]Oc1ccccc1.[2H]CF.[B]=NS.c1ccc(-c2ccc(-n3c4ccccc4c4cc(-c5ccccc5)ccc43)cc2)cc1. The summed E-state index contributed by atoms with van der Waals surface area (Å²) in [5, 5.41) is 15.8. The zero-order chi connectivity index (χ0) is 77.1. The molecule has 2 radical (unpaired) electrons. The summed E-state index contributed by atoms with van der Waals surface area (Å²) in [6.07, 6.45) is 2.56. The second-order valence-electron chi connectivity index (χ2n) is 25.3. The molecule has 0 amide bonds. The van der Waals surface area contributed by atoms with Crippen LogP contribution in [-0.2, 0) is 4.74 Å². The molecule has 0 unspecified atom stereocenters. The number of rotatable bonds is 10. The van der Waals surface area contributed by atoms with Crippen LogP contribution in [0.5, 0.6) is 5.75 Å². The summed E-state index contributed by atoms with van der Waals surface area (Å²) in [7, 11) is 4.00. The fraction of sp³-hybridized carbons (Fsp3) is 0.0816. The van der Waals surface area contributed by atoms with Crippen molar-refractivity contribution in [3.05, 3.63) is 385 Å². The van der Waals surface area contributed by atoms with Gasteiger partial charge < -0.3 is 28.1 Å². The molecule has 1 aliphatic heterocycles. The van der Waals surface area contributed by atoms with Crippen LogP contribution in [0.1, 0.15) is 35.5 Å². The number of thiol groups is 1. The minimum atomic E-state index is -1.00. The zero-order valence-electron chi connectivity index (χ0n) is 62.5. The van der Waals surface area contributed by atoms with Gasteiger partial charge in [0.1, 0.15) is 0 Å². The second-order valence-corrected chi connectivity index (χ2v) is 27.3. The normalized spacial score (nSPS) is 11.0. The third-order valence-electron chi connectivity index (χ3n) is 18.7. The number of benzene rings is 15. The maximum atomic E-state index is 9.96. The van der Waals surface area contributed by atoms with Crippen LogP contribution in [0.15, 0.2) is 389 Å². The molecule has 18 aromatic rings. The summed E-state index contributed by atoms with van der Waals surface area (Å²) >= 11 is 10.5. The van der Waals surface area contributed by atoms with Gasteiger partial charge in [0, 0.05) is 71.5 Å². The van der Waals surface area contributed by atoms with Crippen LogP contribution < -0.4 is 4.65 Å². The quantitative estimate of drug-likeness (QED) is 0.106. The van der Waals surface area contributed by atoms with Crippen molar-refractivity contribution in [3.8, 4) is 78.4 Å². The van der Waals surface area contributed by atoms with Crippen LogP contribution in [0, 0.1) is 0 Å². The Hall–Kier alpha value is -11.5. The molecule has 0 spiro atoms. The van der Waals surface area contributed by atoms with E-state index in [-0.39, 0.29) is 12.1 Å². The van der Waals surface area contributed by atoms with Gasteiger partial charge >= 0.3 is 32.4 Å². The Morgan fingerprint density at radius 1 is 0.366 bits per heavy atom. The Kier molecular flexibility index (Phi) is 30.6. The van der Waals surface area contributed by atoms with Crippen molar-refractivity contribution in [2.75, 3.05) is 20.4 Å². The van der Waals surface area contributed by atoms with E-state index in [1.807, 2.05) is 38.1 Å². The van der Waals surface area contributed by atoms with Crippen LogP contribution in [-0.4, -0.2) is 54.4 Å². The Morgan fingerprint density at radius 3 is 0.902 bits per heavy atom. The van der Waals surface area contributed by atoms with Gasteiger partial charge in [0.15, 0.2) is 0 Å². The number of nitrogens with zero attached hydrogens (tertiary/aromatic N) is 4. The minimum Gasteiger partial charge on any atom is -0.309 e. The fourth-order valence-electron chi connectivity index (χ4n) is 13.7. The number of fused-ring (bicyclic) bond motifs is 9. The van der Waals surface area contributed by atoms with E-state index in [9.17, 15) is 4.39 Å². The maximum Gasteiger partial charge on any atom is 0.0541 e. The van der Waals surface area contributed by atoms with E-state index in [1.165, 1.54) is 151 Å². The number of alkyl halides is 1. The third kappa shape index (κ3) is 20.0. The van der Waals surface area contributed by atoms with E-state index < -0.39 is 7.15 Å². The summed E-state index contributed by atoms with van der Waals surface area (Å²) in [6.45, 7) is 6.00. The van der Waals surface area contributed by atoms with Crippen molar-refractivity contribution in [2.24, 2.45) is 4.30 Å². The van der Waals surface area contributed by atoms with E-state index in [2.05, 4.69) is 415 Å². The first-order chi connectivity index (χ1) is 54.7. The molecule has 14 heteroatoms. The van der Waals surface area contributed by atoms with Crippen molar-refractivity contribution in [1.29, 1.82) is 0 Å². The number of aromatic nitrogens is 3. The molecule has 0 aliphatic carbocycles. The Morgan fingerprint density at radius 2 is 0.598 bits per heavy atom. The summed E-state index contributed by atoms with van der Waals surface area (Å²) in [5.41, 5.74) is 23.2. The van der Waals surface area contributed by atoms with Crippen molar-refractivity contribution >= 4 is 125 Å². The average Bonchev–Trinajstić information content (AvgIpc) is 1.61. The topological polar surface area (TPSA) is 65.8 Å². The first kappa shape index (κ1) is 81.5. The molecule has 556 valence electrons. The minimum absolute atomic E-state index is 0. The van der Waals surface area contributed by atoms with Gasteiger partial charge in [-0.25, -0.2) is 0 Å². The molecular formula is C98H86B2Br2F2N4O3S. The van der Waals surface area contributed by atoms with Crippen LogP contribution in [0.4, 0.5) is 9.09 Å². The van der Waals surface area contributed by atoms with E-state index >= 15 is 0 Å². The van der Waals surface area contributed by atoms with E-state index in [1.54, 1.807) is 12.1 Å². The van der Waals surface area contributed by atoms with Gasteiger partial charge in [-0.2, -0.15) is 0 Å². The number of para-hydroxylation sites is 3. The predicted molar refractivity (Wildman–Crippen MR) is 485 cm³/mol. The first-order valence-electron chi connectivity index (χ1n) is 37.1. The van der Waals surface area contributed by atoms with Gasteiger partial charge in [-0.05, 0) is 190 Å². The molecule has 1 N–H and O–H groups in total. The molecule has 19 rings (SSSR count). The molecule has 0 saturated carbocycles. The van der Waals surface area contributed by atoms with Crippen LogP contribution in [0.3, 0.4) is 0 Å². The monoisotopic (exact) mass is 1620 g/mol. The van der Waals surface area contributed by atoms with Crippen molar-refractivity contribution in [3.63, 3.8) is 0 Å². The van der Waals surface area contributed by atoms with Crippen molar-refractivity contribution < 1.29 is 24.9 Å². The number of ether oxygens (including phenoxy) is 1. The summed E-state index contributed by atoms with van der Waals surface area (Å²) in [4.78, 5) is 0. The van der Waals surface area contributed by atoms with Gasteiger partial charge in [-0.3, -0.25) is 9.09 Å². The largest absolute Gasteiger partial charge is 0.309 e. The van der Waals surface area contributed by atoms with Crippen molar-refractivity contribution in [2.45, 2.75) is 34.1 Å². The van der Waals surface area contributed by atoms with E-state index in [4.69, 9.17) is 11.1 Å². The molecule has 4 heterocycles. The second kappa shape index (κ2) is 42.1. The molecule has 7 nitrogen and oxygen atoms in total. The predicted octanol–water partition coefficient (Wildman–Crippen LogP) is 28.2. The number of hydrogen-bond acceptors (Lipinski definition) is 5. The molecule has 1 aliphatic rings. The maximum absolute atomic E-state index is 9.96. The Balaban J connectivity index is 0.000000157. The Labute approximate surface area is 681 Å². The average molecular weight is 1620 g/mol. The molecule has 15 aromatic carbocycles. The summed E-state index contributed by atoms with van der Waals surface area (Å²) in [6, 6.07) is 132. The molecule has 0 atom stereocenters. The molecule has 0 bridgehead atoms. The van der Waals surface area contributed by atoms with E-state index in [0.717, 1.165) is 22.2 Å². The summed E-state index contributed by atoms with van der Waals surface area (Å²) in [5.74, 6) is 0.639. The van der Waals surface area contributed by atoms with Gasteiger partial charge in [-0.1, -0.05) is 308 Å². The molecule has 1 saturated heterocycles. The standard InChI is InChI=1S/C30H20BrN.C30H21N.C24H16BrN.C6H6BO2.C4H8O.C2H6.CH3F.CH4.BHNS.FH/c31-25-14-18-30-28(20-25)27-19-24(22-9-5-2-6-10-22)13-17-29(27)32(30)26-15-11-23(12-16-26)21-7-3-1-4-8-21;1-3-9-22(10-4-1)24-15-18-26(19-16-24)31-29-14-8-7-13-27(29)28-21-25(17-20-30(28)31)23-11-5-2-6-12-23;25-19-12-15-24-22(16-19)21-8-4-5-9-23(21)26(24)20-13-10-18(11-14-20)17-6-2-1-3-7-17;8-7-9-6-4-2-1-3-5-6;1-2-4-5-3-1;2*1-2;;1-2-3;/h1-20H;1-21H;1-16H;1-5,8H;1-4H2;1-2H3;1H3;1H4;3H;1H/i;;;;;;1D;;;. The molecule has 3 aromatic heterocycles.